The van der Waals surface area contributed by atoms with Gasteiger partial charge < -0.3 is 20.1 Å². The van der Waals surface area contributed by atoms with Crippen molar-refractivity contribution in [3.63, 3.8) is 0 Å². The van der Waals surface area contributed by atoms with E-state index in [0.717, 1.165) is 0 Å². The van der Waals surface area contributed by atoms with Crippen LogP contribution >= 0.6 is 11.6 Å². The molecule has 0 saturated carbocycles. The van der Waals surface area contributed by atoms with Crippen LogP contribution in [0.5, 0.6) is 11.5 Å². The molecule has 8 heteroatoms. The summed E-state index contributed by atoms with van der Waals surface area (Å²) in [6, 6.07) is 8.75. The Labute approximate surface area is 155 Å². The van der Waals surface area contributed by atoms with E-state index < -0.39 is 17.6 Å². The Kier molecular flexibility index (Phi) is 6.80. The molecule has 26 heavy (non-hydrogen) atoms. The van der Waals surface area contributed by atoms with E-state index in [1.807, 2.05) is 0 Å². The van der Waals surface area contributed by atoms with Gasteiger partial charge in [0.25, 0.3) is 0 Å². The van der Waals surface area contributed by atoms with E-state index in [-0.39, 0.29) is 13.0 Å². The lowest BCUT2D eigenvalue weighted by molar-refractivity contribution is -0.123. The minimum absolute atomic E-state index is 0.0247. The number of hydrogen-bond donors (Lipinski definition) is 2. The van der Waals surface area contributed by atoms with Gasteiger partial charge in [0, 0.05) is 12.1 Å². The molecule has 0 spiro atoms. The fourth-order valence-corrected chi connectivity index (χ4v) is 2.46. The summed E-state index contributed by atoms with van der Waals surface area (Å²) in [6.07, 6.45) is -0.0247. The quantitative estimate of drug-likeness (QED) is 0.774. The van der Waals surface area contributed by atoms with E-state index in [9.17, 15) is 14.0 Å². The number of nitrogens with one attached hydrogen (secondary N) is 2. The summed E-state index contributed by atoms with van der Waals surface area (Å²) >= 11 is 6.01. The molecule has 0 aliphatic heterocycles. The summed E-state index contributed by atoms with van der Waals surface area (Å²) in [7, 11) is 2.89. The molecule has 0 bridgehead atoms. The molecule has 0 heterocycles. The Morgan fingerprint density at radius 1 is 1.08 bits per heavy atom. The first-order chi connectivity index (χ1) is 12.4. The molecule has 0 atom stereocenters. The summed E-state index contributed by atoms with van der Waals surface area (Å²) in [5.41, 5.74) is 0.880. The molecule has 2 N–H and O–H groups in total. The number of anilines is 1. The lowest BCUT2D eigenvalue weighted by Gasteiger charge is -2.13. The Hall–Kier alpha value is -2.80. The first-order valence-corrected chi connectivity index (χ1v) is 8.03. The van der Waals surface area contributed by atoms with Gasteiger partial charge in [0.1, 0.15) is 17.3 Å². The fourth-order valence-electron chi connectivity index (χ4n) is 2.23. The Morgan fingerprint density at radius 2 is 1.81 bits per heavy atom. The highest BCUT2D eigenvalue weighted by Gasteiger charge is 2.13. The number of amides is 2. The van der Waals surface area contributed by atoms with Gasteiger partial charge in [-0.05, 0) is 17.7 Å². The van der Waals surface area contributed by atoms with Crippen LogP contribution in [0.1, 0.15) is 5.56 Å². The second kappa shape index (κ2) is 9.05. The minimum atomic E-state index is -0.458. The zero-order valence-electron chi connectivity index (χ0n) is 14.3. The molecule has 0 fully saturated rings. The zero-order valence-corrected chi connectivity index (χ0v) is 15.0. The normalized spacial score (nSPS) is 10.2. The Bertz CT molecular complexity index is 814. The van der Waals surface area contributed by atoms with Gasteiger partial charge in [-0.3, -0.25) is 9.59 Å². The highest BCUT2D eigenvalue weighted by atomic mass is 35.5. The second-order valence-electron chi connectivity index (χ2n) is 5.32. The maximum Gasteiger partial charge on any atom is 0.243 e. The number of ether oxygens (including phenoxy) is 2. The molecule has 2 rings (SSSR count). The van der Waals surface area contributed by atoms with Gasteiger partial charge >= 0.3 is 0 Å². The standard InChI is InChI=1S/C18H18ClFN2O4/c1-25-15-9-14(16(26-2)8-13(15)19)22-18(24)10-21-17(23)7-11-4-3-5-12(20)6-11/h3-6,8-9H,7,10H2,1-2H3,(H,21,23)(H,22,24). The molecule has 2 amide bonds. The van der Waals surface area contributed by atoms with Crippen LogP contribution in [0, 0.1) is 5.82 Å². The van der Waals surface area contributed by atoms with Gasteiger partial charge in [0.15, 0.2) is 0 Å². The average molecular weight is 381 g/mol. The van der Waals surface area contributed by atoms with Crippen molar-refractivity contribution in [2.75, 3.05) is 26.1 Å². The smallest absolute Gasteiger partial charge is 0.243 e. The molecule has 2 aromatic rings. The topological polar surface area (TPSA) is 76.7 Å². The number of benzene rings is 2. The first-order valence-electron chi connectivity index (χ1n) is 7.65. The molecule has 0 radical (unpaired) electrons. The van der Waals surface area contributed by atoms with E-state index in [2.05, 4.69) is 10.6 Å². The molecular formula is C18H18ClFN2O4. The van der Waals surface area contributed by atoms with E-state index in [4.69, 9.17) is 21.1 Å². The van der Waals surface area contributed by atoms with Crippen molar-refractivity contribution in [2.45, 2.75) is 6.42 Å². The van der Waals surface area contributed by atoms with Crippen LogP contribution < -0.4 is 20.1 Å². The van der Waals surface area contributed by atoms with Gasteiger partial charge in [-0.15, -0.1) is 0 Å². The maximum absolute atomic E-state index is 13.1. The Balaban J connectivity index is 1.93. The van der Waals surface area contributed by atoms with Gasteiger partial charge in [-0.1, -0.05) is 23.7 Å². The molecule has 6 nitrogen and oxygen atoms in total. The summed E-state index contributed by atoms with van der Waals surface area (Å²) < 4.78 is 23.4. The lowest BCUT2D eigenvalue weighted by Crippen LogP contribution is -2.33. The molecule has 0 aromatic heterocycles. The first kappa shape index (κ1) is 19.5. The van der Waals surface area contributed by atoms with Crippen LogP contribution in [0.25, 0.3) is 0 Å². The molecule has 0 saturated heterocycles. The fraction of sp³-hybridized carbons (Fsp3) is 0.222. The summed E-state index contributed by atoms with van der Waals surface area (Å²) in [4.78, 5) is 23.9. The molecule has 0 aliphatic rings. The Morgan fingerprint density at radius 3 is 2.46 bits per heavy atom. The molecule has 0 aliphatic carbocycles. The van der Waals surface area contributed by atoms with E-state index in [0.29, 0.717) is 27.8 Å². The van der Waals surface area contributed by atoms with E-state index in [1.54, 1.807) is 6.07 Å². The van der Waals surface area contributed by atoms with Gasteiger partial charge in [-0.25, -0.2) is 4.39 Å². The third-order valence-corrected chi connectivity index (χ3v) is 3.74. The lowest BCUT2D eigenvalue weighted by atomic mass is 10.1. The van der Waals surface area contributed by atoms with Crippen molar-refractivity contribution in [1.82, 2.24) is 5.32 Å². The predicted octanol–water partition coefficient (Wildman–Crippen LogP) is 2.79. The van der Waals surface area contributed by atoms with Crippen molar-refractivity contribution in [3.05, 3.63) is 52.8 Å². The maximum atomic E-state index is 13.1. The van der Waals surface area contributed by atoms with Gasteiger partial charge in [0.2, 0.25) is 11.8 Å². The van der Waals surface area contributed by atoms with Crippen LogP contribution in [-0.4, -0.2) is 32.6 Å². The number of rotatable bonds is 7. The number of methoxy groups -OCH3 is 2. The monoisotopic (exact) mass is 380 g/mol. The third kappa shape index (κ3) is 5.35. The molecule has 0 unspecified atom stereocenters. The van der Waals surface area contributed by atoms with Crippen molar-refractivity contribution < 1.29 is 23.5 Å². The van der Waals surface area contributed by atoms with E-state index >= 15 is 0 Å². The van der Waals surface area contributed by atoms with E-state index in [1.165, 1.54) is 44.6 Å². The van der Waals surface area contributed by atoms with Crippen LogP contribution in [0.4, 0.5) is 10.1 Å². The van der Waals surface area contributed by atoms with Crippen LogP contribution in [-0.2, 0) is 16.0 Å². The number of halogens is 2. The van der Waals surface area contributed by atoms with Crippen LogP contribution in [0.3, 0.4) is 0 Å². The van der Waals surface area contributed by atoms with Crippen molar-refractivity contribution >= 4 is 29.1 Å². The van der Waals surface area contributed by atoms with Crippen LogP contribution in [0.2, 0.25) is 5.02 Å². The summed E-state index contributed by atoms with van der Waals surface area (Å²) in [6.45, 7) is -0.248. The average Bonchev–Trinajstić information content (AvgIpc) is 2.61. The highest BCUT2D eigenvalue weighted by Crippen LogP contribution is 2.35. The molecular weight excluding hydrogens is 363 g/mol. The minimum Gasteiger partial charge on any atom is -0.495 e. The van der Waals surface area contributed by atoms with Gasteiger partial charge in [0.05, 0.1) is 37.9 Å². The summed E-state index contributed by atoms with van der Waals surface area (Å²) in [5, 5.41) is 5.43. The van der Waals surface area contributed by atoms with Crippen molar-refractivity contribution in [1.29, 1.82) is 0 Å². The zero-order chi connectivity index (χ0) is 19.1. The molecule has 138 valence electrons. The number of hydrogen-bond acceptors (Lipinski definition) is 4. The van der Waals surface area contributed by atoms with Crippen LogP contribution in [0.15, 0.2) is 36.4 Å². The highest BCUT2D eigenvalue weighted by molar-refractivity contribution is 6.32. The van der Waals surface area contributed by atoms with Crippen molar-refractivity contribution in [3.8, 4) is 11.5 Å². The van der Waals surface area contributed by atoms with Crippen molar-refractivity contribution in [2.24, 2.45) is 0 Å². The third-order valence-electron chi connectivity index (χ3n) is 3.45. The SMILES string of the molecule is COc1cc(NC(=O)CNC(=O)Cc2cccc(F)c2)c(OC)cc1Cl. The summed E-state index contributed by atoms with van der Waals surface area (Å²) in [5.74, 6) is -0.545. The number of carbonyl (C=O) groups excluding carboxylic acids is 2. The second-order valence-corrected chi connectivity index (χ2v) is 5.73. The largest absolute Gasteiger partial charge is 0.495 e. The molecule has 2 aromatic carbocycles. The number of carbonyl (C=O) groups is 2. The van der Waals surface area contributed by atoms with Gasteiger partial charge in [-0.2, -0.15) is 0 Å². The predicted molar refractivity (Wildman–Crippen MR) is 96.3 cm³/mol.